The predicted octanol–water partition coefficient (Wildman–Crippen LogP) is 1.74. The molecule has 0 aromatic heterocycles. The molecule has 0 fully saturated rings. The van der Waals surface area contributed by atoms with Crippen LogP contribution in [0.5, 0.6) is 0 Å². The summed E-state index contributed by atoms with van der Waals surface area (Å²) in [5, 5.41) is 9.16. The molecule has 0 atom stereocenters. The smallest absolute Gasteiger partial charge is 0.310 e. The van der Waals surface area contributed by atoms with Gasteiger partial charge < -0.3 is 10.8 Å². The van der Waals surface area contributed by atoms with Gasteiger partial charge in [0.05, 0.1) is 5.41 Å². The summed E-state index contributed by atoms with van der Waals surface area (Å²) in [7, 11) is 0. The van der Waals surface area contributed by atoms with Gasteiger partial charge in [0.25, 0.3) is 0 Å². The summed E-state index contributed by atoms with van der Waals surface area (Å²) < 4.78 is 0. The molecule has 0 spiro atoms. The third-order valence-corrected chi connectivity index (χ3v) is 3.58. The molecule has 1 aliphatic rings. The minimum Gasteiger partial charge on any atom is -0.481 e. The van der Waals surface area contributed by atoms with Gasteiger partial charge in [-0.3, -0.25) is 9.69 Å². The lowest BCUT2D eigenvalue weighted by Crippen LogP contribution is -2.41. The van der Waals surface area contributed by atoms with E-state index in [-0.39, 0.29) is 0 Å². The summed E-state index contributed by atoms with van der Waals surface area (Å²) in [5.74, 6) is -0.749. The highest BCUT2D eigenvalue weighted by Crippen LogP contribution is 2.26. The number of aliphatic carboxylic acids is 1. The molecule has 0 amide bonds. The molecule has 4 nitrogen and oxygen atoms in total. The van der Waals surface area contributed by atoms with Gasteiger partial charge in [0.15, 0.2) is 0 Å². The number of hydrogen-bond acceptors (Lipinski definition) is 3. The second-order valence-corrected chi connectivity index (χ2v) is 5.63. The van der Waals surface area contributed by atoms with Gasteiger partial charge in [-0.15, -0.1) is 0 Å². The van der Waals surface area contributed by atoms with E-state index >= 15 is 0 Å². The van der Waals surface area contributed by atoms with Crippen molar-refractivity contribution in [1.82, 2.24) is 4.90 Å². The SMILES string of the molecule is CC(C)(CN1CCc2c(N)cccc2C1)C(=O)O. The van der Waals surface area contributed by atoms with Gasteiger partial charge in [-0.05, 0) is 37.5 Å². The molecule has 1 heterocycles. The molecular formula is C14H20N2O2. The average molecular weight is 248 g/mol. The van der Waals surface area contributed by atoms with Crippen LogP contribution in [-0.2, 0) is 17.8 Å². The first-order chi connectivity index (χ1) is 8.40. The van der Waals surface area contributed by atoms with Crippen molar-refractivity contribution in [3.05, 3.63) is 29.3 Å². The predicted molar refractivity (Wildman–Crippen MR) is 71.3 cm³/mol. The molecule has 0 saturated carbocycles. The van der Waals surface area contributed by atoms with Gasteiger partial charge in [0.1, 0.15) is 0 Å². The van der Waals surface area contributed by atoms with E-state index in [0.29, 0.717) is 6.54 Å². The van der Waals surface area contributed by atoms with Gasteiger partial charge in [-0.2, -0.15) is 0 Å². The van der Waals surface area contributed by atoms with Crippen LogP contribution in [0.2, 0.25) is 0 Å². The number of nitrogens with zero attached hydrogens (tertiary/aromatic N) is 1. The van der Waals surface area contributed by atoms with Gasteiger partial charge >= 0.3 is 5.97 Å². The fourth-order valence-electron chi connectivity index (χ4n) is 2.46. The van der Waals surface area contributed by atoms with Crippen molar-refractivity contribution < 1.29 is 9.90 Å². The van der Waals surface area contributed by atoms with E-state index in [1.165, 1.54) is 11.1 Å². The summed E-state index contributed by atoms with van der Waals surface area (Å²) in [4.78, 5) is 13.3. The van der Waals surface area contributed by atoms with Crippen LogP contribution >= 0.6 is 0 Å². The number of carboxylic acids is 1. The number of fused-ring (bicyclic) bond motifs is 1. The normalized spacial score (nSPS) is 16.3. The quantitative estimate of drug-likeness (QED) is 0.800. The molecule has 1 aromatic carbocycles. The highest BCUT2D eigenvalue weighted by molar-refractivity contribution is 5.73. The first-order valence-corrected chi connectivity index (χ1v) is 6.22. The Morgan fingerprint density at radius 3 is 2.89 bits per heavy atom. The third kappa shape index (κ3) is 2.48. The first kappa shape index (κ1) is 12.9. The van der Waals surface area contributed by atoms with Crippen LogP contribution < -0.4 is 5.73 Å². The monoisotopic (exact) mass is 248 g/mol. The van der Waals surface area contributed by atoms with E-state index in [1.54, 1.807) is 13.8 Å². The lowest BCUT2D eigenvalue weighted by Gasteiger charge is -2.34. The summed E-state index contributed by atoms with van der Waals surface area (Å²) in [6.45, 7) is 5.76. The van der Waals surface area contributed by atoms with Crippen molar-refractivity contribution in [3.63, 3.8) is 0 Å². The second kappa shape index (κ2) is 4.61. The Morgan fingerprint density at radius 2 is 2.22 bits per heavy atom. The number of anilines is 1. The molecule has 1 aromatic rings. The highest BCUT2D eigenvalue weighted by Gasteiger charge is 2.31. The van der Waals surface area contributed by atoms with Crippen molar-refractivity contribution in [2.45, 2.75) is 26.8 Å². The molecule has 18 heavy (non-hydrogen) atoms. The highest BCUT2D eigenvalue weighted by atomic mass is 16.4. The van der Waals surface area contributed by atoms with Crippen LogP contribution in [0, 0.1) is 5.41 Å². The zero-order valence-corrected chi connectivity index (χ0v) is 10.9. The van der Waals surface area contributed by atoms with E-state index in [1.807, 2.05) is 12.1 Å². The maximum atomic E-state index is 11.1. The fraction of sp³-hybridized carbons (Fsp3) is 0.500. The van der Waals surface area contributed by atoms with E-state index in [0.717, 1.165) is 25.2 Å². The molecule has 0 bridgehead atoms. The Hall–Kier alpha value is -1.55. The number of nitrogens with two attached hydrogens (primary N) is 1. The number of rotatable bonds is 3. The Labute approximate surface area is 107 Å². The zero-order valence-electron chi connectivity index (χ0n) is 10.9. The van der Waals surface area contributed by atoms with Gasteiger partial charge in [-0.25, -0.2) is 0 Å². The summed E-state index contributed by atoms with van der Waals surface area (Å²) in [5.41, 5.74) is 8.54. The number of hydrogen-bond donors (Lipinski definition) is 2. The largest absolute Gasteiger partial charge is 0.481 e. The summed E-state index contributed by atoms with van der Waals surface area (Å²) in [6, 6.07) is 5.96. The van der Waals surface area contributed by atoms with Gasteiger partial charge in [0, 0.05) is 25.3 Å². The minimum absolute atomic E-state index is 0.566. The molecule has 3 N–H and O–H groups in total. The van der Waals surface area contributed by atoms with Gasteiger partial charge in [-0.1, -0.05) is 12.1 Å². The maximum Gasteiger partial charge on any atom is 0.310 e. The lowest BCUT2D eigenvalue weighted by atomic mass is 9.91. The first-order valence-electron chi connectivity index (χ1n) is 6.22. The molecule has 0 saturated heterocycles. The number of carbonyl (C=O) groups is 1. The van der Waals surface area contributed by atoms with E-state index in [4.69, 9.17) is 10.8 Å². The lowest BCUT2D eigenvalue weighted by molar-refractivity contribution is -0.148. The Bertz CT molecular complexity index is 469. The Balaban J connectivity index is 2.11. The molecule has 0 aliphatic carbocycles. The molecule has 2 rings (SSSR count). The number of benzene rings is 1. The number of nitrogen functional groups attached to an aromatic ring is 1. The molecule has 4 heteroatoms. The Kier molecular flexibility index (Phi) is 3.30. The van der Waals surface area contributed by atoms with Crippen LogP contribution in [0.1, 0.15) is 25.0 Å². The van der Waals surface area contributed by atoms with E-state index < -0.39 is 11.4 Å². The summed E-state index contributed by atoms with van der Waals surface area (Å²) in [6.07, 6.45) is 0.901. The number of carboxylic acid groups (broad SMARTS) is 1. The van der Waals surface area contributed by atoms with Crippen LogP contribution in [0.25, 0.3) is 0 Å². The second-order valence-electron chi connectivity index (χ2n) is 5.63. The van der Waals surface area contributed by atoms with Gasteiger partial charge in [0.2, 0.25) is 0 Å². The summed E-state index contributed by atoms with van der Waals surface area (Å²) >= 11 is 0. The topological polar surface area (TPSA) is 66.6 Å². The minimum atomic E-state index is -0.749. The molecule has 0 unspecified atom stereocenters. The van der Waals surface area contributed by atoms with Crippen LogP contribution in [0.4, 0.5) is 5.69 Å². The van der Waals surface area contributed by atoms with Crippen molar-refractivity contribution in [2.24, 2.45) is 5.41 Å². The van der Waals surface area contributed by atoms with Crippen molar-refractivity contribution >= 4 is 11.7 Å². The Morgan fingerprint density at radius 1 is 1.50 bits per heavy atom. The molecular weight excluding hydrogens is 228 g/mol. The van der Waals surface area contributed by atoms with E-state index in [9.17, 15) is 4.79 Å². The van der Waals surface area contributed by atoms with Crippen molar-refractivity contribution in [3.8, 4) is 0 Å². The standard InChI is InChI=1S/C14H20N2O2/c1-14(2,13(17)18)9-16-7-6-11-10(8-16)4-3-5-12(11)15/h3-5H,6-9,15H2,1-2H3,(H,17,18). The maximum absolute atomic E-state index is 11.1. The van der Waals surface area contributed by atoms with Crippen molar-refractivity contribution in [1.29, 1.82) is 0 Å². The van der Waals surface area contributed by atoms with Crippen LogP contribution in [0.3, 0.4) is 0 Å². The average Bonchev–Trinajstić information content (AvgIpc) is 2.28. The van der Waals surface area contributed by atoms with E-state index in [2.05, 4.69) is 11.0 Å². The zero-order chi connectivity index (χ0) is 13.3. The third-order valence-electron chi connectivity index (χ3n) is 3.58. The van der Waals surface area contributed by atoms with Crippen molar-refractivity contribution in [2.75, 3.05) is 18.8 Å². The van der Waals surface area contributed by atoms with Crippen LogP contribution in [-0.4, -0.2) is 29.1 Å². The molecule has 1 aliphatic heterocycles. The fourth-order valence-corrected chi connectivity index (χ4v) is 2.46. The molecule has 0 radical (unpaired) electrons. The van der Waals surface area contributed by atoms with Crippen LogP contribution in [0.15, 0.2) is 18.2 Å². The molecule has 98 valence electrons.